The first-order chi connectivity index (χ1) is 15.4. The number of aromatic nitrogens is 1. The number of hydrogen-bond donors (Lipinski definition) is 2. The van der Waals surface area contributed by atoms with Gasteiger partial charge in [0.05, 0.1) is 12.3 Å². The first kappa shape index (κ1) is 21.3. The van der Waals surface area contributed by atoms with Crippen molar-refractivity contribution in [3.8, 4) is 5.75 Å². The molecule has 3 aromatic rings. The van der Waals surface area contributed by atoms with E-state index in [4.69, 9.17) is 22.7 Å². The van der Waals surface area contributed by atoms with Crippen molar-refractivity contribution in [3.05, 3.63) is 65.9 Å². The standard InChI is InChI=1S/C23H20N4O4S/c1-2-31-16-9-7-15(8-10-16)27-22(30)18(21(29)25-23(27)32)11-14-12-26(13-20(24)28)19-6-4-3-5-17(14)19/h3-12H,2,13H2,1H3,(H2,24,28)(H,25,29,32). The van der Waals surface area contributed by atoms with Crippen molar-refractivity contribution in [1.82, 2.24) is 9.88 Å². The Kier molecular flexibility index (Phi) is 5.74. The van der Waals surface area contributed by atoms with Gasteiger partial charge in [-0.25, -0.2) is 0 Å². The van der Waals surface area contributed by atoms with Crippen molar-refractivity contribution in [2.24, 2.45) is 5.73 Å². The Bertz CT molecular complexity index is 1280. The van der Waals surface area contributed by atoms with E-state index in [1.165, 1.54) is 11.0 Å². The van der Waals surface area contributed by atoms with Crippen LogP contribution >= 0.6 is 12.2 Å². The van der Waals surface area contributed by atoms with Crippen molar-refractivity contribution in [3.63, 3.8) is 0 Å². The molecule has 0 unspecified atom stereocenters. The molecule has 2 heterocycles. The lowest BCUT2D eigenvalue weighted by molar-refractivity contribution is -0.122. The number of primary amides is 1. The van der Waals surface area contributed by atoms with Gasteiger partial charge in [-0.2, -0.15) is 0 Å². The van der Waals surface area contributed by atoms with Gasteiger partial charge in [0.1, 0.15) is 17.9 Å². The monoisotopic (exact) mass is 448 g/mol. The van der Waals surface area contributed by atoms with Crippen LogP contribution in [0.4, 0.5) is 5.69 Å². The number of nitrogens with one attached hydrogen (secondary N) is 1. The summed E-state index contributed by atoms with van der Waals surface area (Å²) in [5.74, 6) is -0.972. The van der Waals surface area contributed by atoms with E-state index in [9.17, 15) is 14.4 Å². The van der Waals surface area contributed by atoms with Crippen LogP contribution in [0.1, 0.15) is 12.5 Å². The molecule has 4 rings (SSSR count). The molecule has 8 nitrogen and oxygen atoms in total. The second kappa shape index (κ2) is 8.64. The van der Waals surface area contributed by atoms with E-state index < -0.39 is 17.7 Å². The lowest BCUT2D eigenvalue weighted by Gasteiger charge is -2.29. The predicted octanol–water partition coefficient (Wildman–Crippen LogP) is 2.36. The van der Waals surface area contributed by atoms with Crippen LogP contribution in [0.15, 0.2) is 60.3 Å². The maximum atomic E-state index is 13.3. The van der Waals surface area contributed by atoms with E-state index in [0.29, 0.717) is 23.6 Å². The van der Waals surface area contributed by atoms with Crippen molar-refractivity contribution in [2.45, 2.75) is 13.5 Å². The van der Waals surface area contributed by atoms with Crippen molar-refractivity contribution < 1.29 is 19.1 Å². The van der Waals surface area contributed by atoms with Crippen LogP contribution in [0.5, 0.6) is 5.75 Å². The summed E-state index contributed by atoms with van der Waals surface area (Å²) in [6.07, 6.45) is 3.19. The SMILES string of the molecule is CCOc1ccc(N2C(=O)C(=Cc3cn(CC(N)=O)c4ccccc34)C(=O)NC2=S)cc1. The number of carbonyl (C=O) groups excluding carboxylic acids is 3. The summed E-state index contributed by atoms with van der Waals surface area (Å²) in [6, 6.07) is 14.2. The van der Waals surface area contributed by atoms with Crippen LogP contribution in [-0.2, 0) is 20.9 Å². The molecule has 3 N–H and O–H groups in total. The first-order valence-electron chi connectivity index (χ1n) is 9.89. The summed E-state index contributed by atoms with van der Waals surface area (Å²) in [4.78, 5) is 38.6. The lowest BCUT2D eigenvalue weighted by atomic mass is 10.1. The van der Waals surface area contributed by atoms with Gasteiger partial charge in [-0.05, 0) is 55.5 Å². The van der Waals surface area contributed by atoms with Crippen LogP contribution in [0, 0.1) is 0 Å². The van der Waals surface area contributed by atoms with Gasteiger partial charge in [-0.3, -0.25) is 24.6 Å². The molecular formula is C23H20N4O4S. The van der Waals surface area contributed by atoms with Crippen molar-refractivity contribution in [1.29, 1.82) is 0 Å². The molecule has 1 aromatic heterocycles. The summed E-state index contributed by atoms with van der Waals surface area (Å²) < 4.78 is 7.12. The molecule has 1 aliphatic heterocycles. The molecule has 0 aliphatic carbocycles. The summed E-state index contributed by atoms with van der Waals surface area (Å²) in [6.45, 7) is 2.38. The second-order valence-corrected chi connectivity index (χ2v) is 7.47. The number of ether oxygens (including phenoxy) is 1. The van der Waals surface area contributed by atoms with Crippen LogP contribution < -0.4 is 20.7 Å². The van der Waals surface area contributed by atoms with E-state index in [1.54, 1.807) is 35.0 Å². The Hall–Kier alpha value is -3.98. The highest BCUT2D eigenvalue weighted by molar-refractivity contribution is 7.80. The van der Waals surface area contributed by atoms with Crippen LogP contribution in [0.25, 0.3) is 17.0 Å². The minimum Gasteiger partial charge on any atom is -0.494 e. The average Bonchev–Trinajstić information content (AvgIpc) is 3.09. The fourth-order valence-corrected chi connectivity index (χ4v) is 3.88. The number of hydrogen-bond acceptors (Lipinski definition) is 5. The molecule has 1 fully saturated rings. The molecule has 32 heavy (non-hydrogen) atoms. The maximum absolute atomic E-state index is 13.3. The van der Waals surface area contributed by atoms with Crippen molar-refractivity contribution >= 4 is 57.7 Å². The number of carbonyl (C=O) groups is 3. The minimum atomic E-state index is -0.589. The summed E-state index contributed by atoms with van der Waals surface area (Å²) >= 11 is 5.25. The molecule has 0 radical (unpaired) electrons. The number of nitrogens with two attached hydrogens (primary N) is 1. The molecular weight excluding hydrogens is 428 g/mol. The number of amides is 3. The highest BCUT2D eigenvalue weighted by atomic mass is 32.1. The number of rotatable bonds is 6. The van der Waals surface area contributed by atoms with Gasteiger partial charge < -0.3 is 15.0 Å². The Morgan fingerprint density at radius 1 is 1.16 bits per heavy atom. The van der Waals surface area contributed by atoms with Gasteiger partial charge in [-0.15, -0.1) is 0 Å². The molecule has 0 saturated carbocycles. The average molecular weight is 449 g/mol. The predicted molar refractivity (Wildman–Crippen MR) is 125 cm³/mol. The number of para-hydroxylation sites is 1. The molecule has 0 spiro atoms. The highest BCUT2D eigenvalue weighted by Gasteiger charge is 2.34. The lowest BCUT2D eigenvalue weighted by Crippen LogP contribution is -2.54. The minimum absolute atomic E-state index is 0.00235. The van der Waals surface area contributed by atoms with Crippen LogP contribution in [0.2, 0.25) is 0 Å². The molecule has 1 saturated heterocycles. The quantitative estimate of drug-likeness (QED) is 0.342. The third-order valence-electron chi connectivity index (χ3n) is 4.95. The highest BCUT2D eigenvalue weighted by Crippen LogP contribution is 2.27. The second-order valence-electron chi connectivity index (χ2n) is 7.08. The van der Waals surface area contributed by atoms with E-state index >= 15 is 0 Å². The Labute approximate surface area is 189 Å². The number of nitrogens with zero attached hydrogens (tertiary/aromatic N) is 2. The maximum Gasteiger partial charge on any atom is 0.270 e. The van der Waals surface area contributed by atoms with Gasteiger partial charge in [0.15, 0.2) is 5.11 Å². The number of benzene rings is 2. The van der Waals surface area contributed by atoms with E-state index in [-0.39, 0.29) is 17.2 Å². The molecule has 1 aliphatic rings. The number of anilines is 1. The zero-order valence-corrected chi connectivity index (χ0v) is 18.0. The normalized spacial score (nSPS) is 15.3. The summed E-state index contributed by atoms with van der Waals surface area (Å²) in [5.41, 5.74) is 7.16. The molecule has 9 heteroatoms. The zero-order chi connectivity index (χ0) is 22.8. The van der Waals surface area contributed by atoms with Gasteiger partial charge in [0.25, 0.3) is 11.8 Å². The first-order valence-corrected chi connectivity index (χ1v) is 10.3. The number of thiocarbonyl (C=S) groups is 1. The van der Waals surface area contributed by atoms with Gasteiger partial charge in [-0.1, -0.05) is 18.2 Å². The van der Waals surface area contributed by atoms with Gasteiger partial charge in [0, 0.05) is 22.7 Å². The fraction of sp³-hybridized carbons (Fsp3) is 0.130. The van der Waals surface area contributed by atoms with Crippen LogP contribution in [0.3, 0.4) is 0 Å². The summed E-state index contributed by atoms with van der Waals surface area (Å²) in [7, 11) is 0. The van der Waals surface area contributed by atoms with E-state index in [0.717, 1.165) is 10.9 Å². The van der Waals surface area contributed by atoms with Gasteiger partial charge in [0.2, 0.25) is 5.91 Å². The van der Waals surface area contributed by atoms with E-state index in [1.807, 2.05) is 31.2 Å². The molecule has 3 amide bonds. The third kappa shape index (κ3) is 3.97. The third-order valence-corrected chi connectivity index (χ3v) is 5.24. The number of fused-ring (bicyclic) bond motifs is 1. The molecule has 0 bridgehead atoms. The molecule has 162 valence electrons. The topological polar surface area (TPSA) is 107 Å². The fourth-order valence-electron chi connectivity index (χ4n) is 3.59. The Morgan fingerprint density at radius 3 is 2.56 bits per heavy atom. The van der Waals surface area contributed by atoms with E-state index in [2.05, 4.69) is 5.32 Å². The van der Waals surface area contributed by atoms with Crippen LogP contribution in [-0.4, -0.2) is 34.0 Å². The Balaban J connectivity index is 1.75. The van der Waals surface area contributed by atoms with Gasteiger partial charge >= 0.3 is 0 Å². The molecule has 0 atom stereocenters. The largest absolute Gasteiger partial charge is 0.494 e. The Morgan fingerprint density at radius 2 is 1.88 bits per heavy atom. The molecule has 2 aromatic carbocycles. The summed E-state index contributed by atoms with van der Waals surface area (Å²) in [5, 5.41) is 3.35. The zero-order valence-electron chi connectivity index (χ0n) is 17.2. The van der Waals surface area contributed by atoms with Crippen molar-refractivity contribution in [2.75, 3.05) is 11.5 Å². The smallest absolute Gasteiger partial charge is 0.270 e.